The first kappa shape index (κ1) is 14.5. The molecular formula is C16H20N2O2. The van der Waals surface area contributed by atoms with Crippen LogP contribution in [0.3, 0.4) is 0 Å². The molecule has 1 unspecified atom stereocenters. The molecule has 0 saturated carbocycles. The van der Waals surface area contributed by atoms with Crippen molar-refractivity contribution < 1.29 is 9.53 Å². The number of rotatable bonds is 6. The summed E-state index contributed by atoms with van der Waals surface area (Å²) in [4.78, 5) is 12.1. The van der Waals surface area contributed by atoms with Gasteiger partial charge in [-0.05, 0) is 24.3 Å². The minimum absolute atomic E-state index is 0.155. The van der Waals surface area contributed by atoms with E-state index >= 15 is 0 Å². The number of hydrogen-bond donors (Lipinski definition) is 2. The van der Waals surface area contributed by atoms with Crippen molar-refractivity contribution in [3.8, 4) is 0 Å². The Morgan fingerprint density at radius 1 is 1.25 bits per heavy atom. The van der Waals surface area contributed by atoms with Crippen LogP contribution in [0.2, 0.25) is 0 Å². The molecule has 0 radical (unpaired) electrons. The quantitative estimate of drug-likeness (QED) is 0.794. The lowest BCUT2D eigenvalue weighted by atomic mass is 10.1. The van der Waals surface area contributed by atoms with E-state index < -0.39 is 6.04 Å². The number of amides is 1. The molecule has 20 heavy (non-hydrogen) atoms. The summed E-state index contributed by atoms with van der Waals surface area (Å²) in [5.74, 6) is -0.155. The summed E-state index contributed by atoms with van der Waals surface area (Å²) in [6.45, 7) is 0.620. The van der Waals surface area contributed by atoms with Crippen LogP contribution in [0, 0.1) is 0 Å². The molecule has 2 aromatic carbocycles. The van der Waals surface area contributed by atoms with Crippen LogP contribution in [-0.2, 0) is 9.53 Å². The maximum atomic E-state index is 12.1. The van der Waals surface area contributed by atoms with E-state index in [1.165, 1.54) is 0 Å². The van der Waals surface area contributed by atoms with Crippen LogP contribution in [0.25, 0.3) is 10.8 Å². The van der Waals surface area contributed by atoms with Crippen molar-refractivity contribution in [2.45, 2.75) is 18.9 Å². The van der Waals surface area contributed by atoms with Gasteiger partial charge in [0.25, 0.3) is 0 Å². The second kappa shape index (κ2) is 7.03. The van der Waals surface area contributed by atoms with Crippen molar-refractivity contribution in [1.29, 1.82) is 0 Å². The van der Waals surface area contributed by atoms with Gasteiger partial charge in [0.15, 0.2) is 0 Å². The zero-order valence-electron chi connectivity index (χ0n) is 11.6. The zero-order valence-corrected chi connectivity index (χ0v) is 11.6. The second-order valence-electron chi connectivity index (χ2n) is 4.76. The summed E-state index contributed by atoms with van der Waals surface area (Å²) in [7, 11) is 1.64. The molecule has 0 bridgehead atoms. The Balaban J connectivity index is 2.06. The van der Waals surface area contributed by atoms with Crippen LogP contribution in [0.5, 0.6) is 0 Å². The topological polar surface area (TPSA) is 64.3 Å². The molecule has 0 saturated heterocycles. The summed E-state index contributed by atoms with van der Waals surface area (Å²) in [6.07, 6.45) is 1.39. The van der Waals surface area contributed by atoms with Crippen molar-refractivity contribution in [3.63, 3.8) is 0 Å². The number of anilines is 1. The van der Waals surface area contributed by atoms with E-state index in [0.29, 0.717) is 13.0 Å². The Labute approximate surface area is 118 Å². The number of nitrogens with two attached hydrogens (primary N) is 1. The standard InChI is InChI=1S/C16H20N2O2/c1-20-11-5-9-14(17)16(19)18-15-10-4-7-12-6-2-3-8-13(12)15/h2-4,6-8,10,14H,5,9,11,17H2,1H3,(H,18,19). The van der Waals surface area contributed by atoms with Gasteiger partial charge in [-0.25, -0.2) is 0 Å². The molecule has 4 nitrogen and oxygen atoms in total. The normalized spacial score (nSPS) is 12.3. The van der Waals surface area contributed by atoms with Crippen molar-refractivity contribution in [1.82, 2.24) is 0 Å². The zero-order chi connectivity index (χ0) is 14.4. The summed E-state index contributed by atoms with van der Waals surface area (Å²) < 4.78 is 4.96. The lowest BCUT2D eigenvalue weighted by Crippen LogP contribution is -2.35. The van der Waals surface area contributed by atoms with Crippen LogP contribution >= 0.6 is 0 Å². The molecular weight excluding hydrogens is 252 g/mol. The molecule has 1 atom stereocenters. The van der Waals surface area contributed by atoms with Gasteiger partial charge in [0.05, 0.1) is 6.04 Å². The number of fused-ring (bicyclic) bond motifs is 1. The summed E-state index contributed by atoms with van der Waals surface area (Å²) in [6, 6.07) is 13.3. The van der Waals surface area contributed by atoms with E-state index in [2.05, 4.69) is 5.32 Å². The maximum absolute atomic E-state index is 12.1. The number of methoxy groups -OCH3 is 1. The van der Waals surface area contributed by atoms with Crippen LogP contribution in [0.15, 0.2) is 42.5 Å². The van der Waals surface area contributed by atoms with Crippen LogP contribution in [0.1, 0.15) is 12.8 Å². The third-order valence-electron chi connectivity index (χ3n) is 3.25. The minimum Gasteiger partial charge on any atom is -0.385 e. The summed E-state index contributed by atoms with van der Waals surface area (Å²) >= 11 is 0. The van der Waals surface area contributed by atoms with E-state index in [1.807, 2.05) is 42.5 Å². The van der Waals surface area contributed by atoms with Gasteiger partial charge in [0.1, 0.15) is 0 Å². The molecule has 0 spiro atoms. The van der Waals surface area contributed by atoms with E-state index in [-0.39, 0.29) is 5.91 Å². The number of nitrogens with one attached hydrogen (secondary N) is 1. The largest absolute Gasteiger partial charge is 0.385 e. The Morgan fingerprint density at radius 3 is 2.80 bits per heavy atom. The number of carbonyl (C=O) groups is 1. The monoisotopic (exact) mass is 272 g/mol. The molecule has 2 aromatic rings. The maximum Gasteiger partial charge on any atom is 0.241 e. The van der Waals surface area contributed by atoms with Gasteiger partial charge in [-0.2, -0.15) is 0 Å². The predicted octanol–water partition coefficient (Wildman–Crippen LogP) is 2.53. The van der Waals surface area contributed by atoms with E-state index in [0.717, 1.165) is 22.9 Å². The third-order valence-corrected chi connectivity index (χ3v) is 3.25. The van der Waals surface area contributed by atoms with Crippen molar-refractivity contribution in [3.05, 3.63) is 42.5 Å². The highest BCUT2D eigenvalue weighted by Crippen LogP contribution is 2.23. The molecule has 4 heteroatoms. The van der Waals surface area contributed by atoms with Gasteiger partial charge in [-0.1, -0.05) is 36.4 Å². The second-order valence-corrected chi connectivity index (χ2v) is 4.76. The lowest BCUT2D eigenvalue weighted by molar-refractivity contribution is -0.117. The molecule has 0 aliphatic carbocycles. The lowest BCUT2D eigenvalue weighted by Gasteiger charge is -2.13. The average molecular weight is 272 g/mol. The van der Waals surface area contributed by atoms with Gasteiger partial charge in [0.2, 0.25) is 5.91 Å². The Kier molecular flexibility index (Phi) is 5.09. The molecule has 0 fully saturated rings. The predicted molar refractivity (Wildman–Crippen MR) is 81.7 cm³/mol. The Bertz CT molecular complexity index is 578. The SMILES string of the molecule is COCCCC(N)C(=O)Nc1cccc2ccccc12. The first-order valence-corrected chi connectivity index (χ1v) is 6.75. The van der Waals surface area contributed by atoms with E-state index in [9.17, 15) is 4.79 Å². The molecule has 2 rings (SSSR count). The number of ether oxygens (including phenoxy) is 1. The Morgan fingerprint density at radius 2 is 2.00 bits per heavy atom. The molecule has 0 aliphatic rings. The number of carbonyl (C=O) groups excluding carboxylic acids is 1. The molecule has 1 amide bonds. The Hall–Kier alpha value is -1.91. The molecule has 3 N–H and O–H groups in total. The van der Waals surface area contributed by atoms with Gasteiger partial charge >= 0.3 is 0 Å². The van der Waals surface area contributed by atoms with Gasteiger partial charge in [0, 0.05) is 24.8 Å². The number of benzene rings is 2. The summed E-state index contributed by atoms with van der Waals surface area (Å²) in [5.41, 5.74) is 6.68. The fourth-order valence-corrected chi connectivity index (χ4v) is 2.14. The van der Waals surface area contributed by atoms with Crippen molar-refractivity contribution in [2.75, 3.05) is 19.0 Å². The van der Waals surface area contributed by atoms with E-state index in [4.69, 9.17) is 10.5 Å². The van der Waals surface area contributed by atoms with Crippen LogP contribution in [-0.4, -0.2) is 25.7 Å². The molecule has 0 aliphatic heterocycles. The van der Waals surface area contributed by atoms with Crippen LogP contribution < -0.4 is 11.1 Å². The average Bonchev–Trinajstić information content (AvgIpc) is 2.47. The highest BCUT2D eigenvalue weighted by Gasteiger charge is 2.14. The smallest absolute Gasteiger partial charge is 0.241 e. The fourth-order valence-electron chi connectivity index (χ4n) is 2.14. The molecule has 106 valence electrons. The first-order chi connectivity index (χ1) is 9.72. The van der Waals surface area contributed by atoms with Crippen molar-refractivity contribution in [2.24, 2.45) is 5.73 Å². The first-order valence-electron chi connectivity index (χ1n) is 6.75. The third kappa shape index (κ3) is 3.56. The highest BCUT2D eigenvalue weighted by molar-refractivity contribution is 6.03. The number of hydrogen-bond acceptors (Lipinski definition) is 3. The van der Waals surface area contributed by atoms with Gasteiger partial charge < -0.3 is 15.8 Å². The minimum atomic E-state index is -0.510. The fraction of sp³-hybridized carbons (Fsp3) is 0.312. The molecule has 0 aromatic heterocycles. The van der Waals surface area contributed by atoms with Gasteiger partial charge in [-0.15, -0.1) is 0 Å². The molecule has 0 heterocycles. The van der Waals surface area contributed by atoms with Crippen molar-refractivity contribution >= 4 is 22.4 Å². The van der Waals surface area contributed by atoms with E-state index in [1.54, 1.807) is 7.11 Å². The van der Waals surface area contributed by atoms with Crippen LogP contribution in [0.4, 0.5) is 5.69 Å². The summed E-state index contributed by atoms with van der Waals surface area (Å²) in [5, 5.41) is 5.02. The van der Waals surface area contributed by atoms with Gasteiger partial charge in [-0.3, -0.25) is 4.79 Å². The highest BCUT2D eigenvalue weighted by atomic mass is 16.5.